The molecule has 0 saturated carbocycles. The number of anilines is 3. The Balaban J connectivity index is 1.28. The van der Waals surface area contributed by atoms with Crippen LogP contribution in [0.15, 0.2) is 211 Å². The zero-order valence-electron chi connectivity index (χ0n) is 32.8. The van der Waals surface area contributed by atoms with E-state index >= 15 is 0 Å². The van der Waals surface area contributed by atoms with E-state index in [0.717, 1.165) is 42.7 Å². The first kappa shape index (κ1) is 36.0. The maximum atomic E-state index is 2.48. The summed E-state index contributed by atoms with van der Waals surface area (Å²) in [7, 11) is 0. The van der Waals surface area contributed by atoms with E-state index in [0.29, 0.717) is 0 Å². The Hall–Kier alpha value is -6.70. The van der Waals surface area contributed by atoms with E-state index < -0.39 is 0 Å². The summed E-state index contributed by atoms with van der Waals surface area (Å²) in [5.41, 5.74) is 16.4. The fourth-order valence-electron chi connectivity index (χ4n) is 8.75. The topological polar surface area (TPSA) is 3.24 Å². The molecular formula is C56H47N. The van der Waals surface area contributed by atoms with E-state index in [1.54, 1.807) is 0 Å². The van der Waals surface area contributed by atoms with Gasteiger partial charge >= 0.3 is 0 Å². The molecular weight excluding hydrogens is 687 g/mol. The van der Waals surface area contributed by atoms with Crippen LogP contribution < -0.4 is 4.90 Å². The van der Waals surface area contributed by atoms with Crippen LogP contribution in [0.5, 0.6) is 0 Å². The van der Waals surface area contributed by atoms with Crippen LogP contribution in [0.25, 0.3) is 54.9 Å². The lowest BCUT2D eigenvalue weighted by Crippen LogP contribution is -2.11. The standard InChI is InChI=1S/C56H47N/c1-3-17-40(4-2)42-32-34-47(35-33-42)57(56-38-46-22-11-12-24-50(46)52-26-15-16-27-54(52)56)48-36-37-53(51-25-14-13-23-49(51)44-20-9-6-10-21-44)55(39-48)45-30-28-43(29-31-45)41-18-7-5-8-19-41/h3-7,9-18,20-28,30,32-39H,8,19,29,31H2,1-2H3/b17-3-,40-4+. The minimum atomic E-state index is 0.988. The van der Waals surface area contributed by atoms with Gasteiger partial charge in [-0.1, -0.05) is 170 Å². The molecule has 0 N–H and O–H groups in total. The van der Waals surface area contributed by atoms with Gasteiger partial charge in [0.2, 0.25) is 0 Å². The van der Waals surface area contributed by atoms with E-state index in [1.165, 1.54) is 77.2 Å². The summed E-state index contributed by atoms with van der Waals surface area (Å²) in [6.07, 6.45) is 22.3. The molecule has 0 aliphatic heterocycles. The second-order valence-electron chi connectivity index (χ2n) is 15.0. The van der Waals surface area contributed by atoms with Crippen molar-refractivity contribution in [2.24, 2.45) is 0 Å². The maximum Gasteiger partial charge on any atom is 0.0546 e. The summed E-state index contributed by atoms with van der Waals surface area (Å²) >= 11 is 0. The summed E-state index contributed by atoms with van der Waals surface area (Å²) in [5.74, 6) is 0. The molecule has 1 heteroatoms. The average molecular weight is 734 g/mol. The first-order valence-corrected chi connectivity index (χ1v) is 20.4. The SMILES string of the molecule is C/C=C\C(=C/C)c1ccc(N(c2ccc(-c3ccccc3-c3ccccc3)c(C3=CC=C(C4=CC=CCC4)CC3)c2)c2cc3ccccc3c3ccccc23)cc1. The fraction of sp³-hybridized carbons (Fsp3) is 0.107. The zero-order valence-corrected chi connectivity index (χ0v) is 32.8. The van der Waals surface area contributed by atoms with Crippen LogP contribution in [-0.2, 0) is 0 Å². The highest BCUT2D eigenvalue weighted by molar-refractivity contribution is 6.14. The highest BCUT2D eigenvalue weighted by atomic mass is 15.1. The number of fused-ring (bicyclic) bond motifs is 3. The van der Waals surface area contributed by atoms with Gasteiger partial charge in [-0.3, -0.25) is 0 Å². The molecule has 0 spiro atoms. The third kappa shape index (κ3) is 7.14. The van der Waals surface area contributed by atoms with Gasteiger partial charge in [-0.05, 0) is 142 Å². The van der Waals surface area contributed by atoms with Gasteiger partial charge in [0.25, 0.3) is 0 Å². The van der Waals surface area contributed by atoms with Crippen LogP contribution in [0, 0.1) is 0 Å². The van der Waals surface area contributed by atoms with Crippen molar-refractivity contribution in [1.82, 2.24) is 0 Å². The van der Waals surface area contributed by atoms with Gasteiger partial charge in [0.05, 0.1) is 5.69 Å². The summed E-state index contributed by atoms with van der Waals surface area (Å²) < 4.78 is 0. The molecule has 276 valence electrons. The Kier molecular flexibility index (Phi) is 10.2. The number of hydrogen-bond donors (Lipinski definition) is 0. The zero-order chi connectivity index (χ0) is 38.6. The normalized spacial score (nSPS) is 14.5. The highest BCUT2D eigenvalue weighted by Gasteiger charge is 2.22. The van der Waals surface area contributed by atoms with Crippen LogP contribution in [0.4, 0.5) is 17.1 Å². The largest absolute Gasteiger partial charge is 0.310 e. The molecule has 0 fully saturated rings. The molecule has 1 nitrogen and oxygen atoms in total. The maximum absolute atomic E-state index is 2.48. The molecule has 0 saturated heterocycles. The number of allylic oxidation sites excluding steroid dienone is 12. The van der Waals surface area contributed by atoms with Crippen molar-refractivity contribution in [2.45, 2.75) is 39.5 Å². The Bertz CT molecular complexity index is 2790. The van der Waals surface area contributed by atoms with Gasteiger partial charge in [0, 0.05) is 16.8 Å². The Morgan fingerprint density at radius 1 is 0.509 bits per heavy atom. The fourth-order valence-corrected chi connectivity index (χ4v) is 8.75. The molecule has 57 heavy (non-hydrogen) atoms. The Morgan fingerprint density at radius 2 is 1.16 bits per heavy atom. The molecule has 9 rings (SSSR count). The number of benzene rings is 7. The highest BCUT2D eigenvalue weighted by Crippen LogP contribution is 2.46. The Morgan fingerprint density at radius 3 is 1.89 bits per heavy atom. The molecule has 7 aromatic carbocycles. The summed E-state index contributed by atoms with van der Waals surface area (Å²) in [6.45, 7) is 4.18. The van der Waals surface area contributed by atoms with Crippen LogP contribution in [0.3, 0.4) is 0 Å². The molecule has 0 radical (unpaired) electrons. The van der Waals surface area contributed by atoms with Crippen molar-refractivity contribution >= 4 is 49.8 Å². The molecule has 2 aliphatic carbocycles. The lowest BCUT2D eigenvalue weighted by Gasteiger charge is -2.29. The lowest BCUT2D eigenvalue weighted by molar-refractivity contribution is 0.905. The minimum absolute atomic E-state index is 0.988. The van der Waals surface area contributed by atoms with E-state index in [4.69, 9.17) is 0 Å². The minimum Gasteiger partial charge on any atom is -0.310 e. The molecule has 0 heterocycles. The second-order valence-corrected chi connectivity index (χ2v) is 15.0. The molecule has 0 bridgehead atoms. The van der Waals surface area contributed by atoms with Crippen molar-refractivity contribution in [2.75, 3.05) is 4.90 Å². The van der Waals surface area contributed by atoms with Gasteiger partial charge in [-0.15, -0.1) is 0 Å². The predicted octanol–water partition coefficient (Wildman–Crippen LogP) is 16.2. The van der Waals surface area contributed by atoms with Gasteiger partial charge in [-0.2, -0.15) is 0 Å². The summed E-state index contributed by atoms with van der Waals surface area (Å²) in [5, 5.41) is 4.97. The number of nitrogens with zero attached hydrogens (tertiary/aromatic N) is 1. The van der Waals surface area contributed by atoms with E-state index in [9.17, 15) is 0 Å². The Labute approximate surface area is 337 Å². The van der Waals surface area contributed by atoms with E-state index in [2.05, 4.69) is 219 Å². The van der Waals surface area contributed by atoms with Crippen molar-refractivity contribution < 1.29 is 0 Å². The van der Waals surface area contributed by atoms with Crippen LogP contribution in [-0.4, -0.2) is 0 Å². The van der Waals surface area contributed by atoms with Gasteiger partial charge in [-0.25, -0.2) is 0 Å². The summed E-state index contributed by atoms with van der Waals surface area (Å²) in [6, 6.07) is 56.0. The molecule has 2 aliphatic rings. The van der Waals surface area contributed by atoms with E-state index in [-0.39, 0.29) is 0 Å². The number of rotatable bonds is 9. The smallest absolute Gasteiger partial charge is 0.0546 e. The quantitative estimate of drug-likeness (QED) is 0.105. The second kappa shape index (κ2) is 16.2. The molecule has 0 atom stereocenters. The third-order valence-electron chi connectivity index (χ3n) is 11.6. The first-order chi connectivity index (χ1) is 28.2. The van der Waals surface area contributed by atoms with Crippen molar-refractivity contribution in [3.8, 4) is 22.3 Å². The molecule has 0 amide bonds. The predicted molar refractivity (Wildman–Crippen MR) is 247 cm³/mol. The third-order valence-corrected chi connectivity index (χ3v) is 11.6. The molecule has 0 aromatic heterocycles. The molecule has 0 unspecified atom stereocenters. The van der Waals surface area contributed by atoms with Crippen LogP contribution in [0.1, 0.15) is 50.7 Å². The van der Waals surface area contributed by atoms with Gasteiger partial charge < -0.3 is 4.90 Å². The number of hydrogen-bond acceptors (Lipinski definition) is 1. The summed E-state index contributed by atoms with van der Waals surface area (Å²) in [4.78, 5) is 2.48. The average Bonchev–Trinajstić information content (AvgIpc) is 3.29. The van der Waals surface area contributed by atoms with Gasteiger partial charge in [0.1, 0.15) is 0 Å². The van der Waals surface area contributed by atoms with Crippen molar-refractivity contribution in [1.29, 1.82) is 0 Å². The monoisotopic (exact) mass is 733 g/mol. The van der Waals surface area contributed by atoms with Crippen molar-refractivity contribution in [3.63, 3.8) is 0 Å². The van der Waals surface area contributed by atoms with E-state index in [1.807, 2.05) is 0 Å². The van der Waals surface area contributed by atoms with Crippen molar-refractivity contribution in [3.05, 3.63) is 223 Å². The molecule has 7 aromatic rings. The van der Waals surface area contributed by atoms with Crippen LogP contribution >= 0.6 is 0 Å². The first-order valence-electron chi connectivity index (χ1n) is 20.4. The lowest BCUT2D eigenvalue weighted by atomic mass is 9.83. The van der Waals surface area contributed by atoms with Gasteiger partial charge in [0.15, 0.2) is 0 Å². The van der Waals surface area contributed by atoms with Crippen LogP contribution in [0.2, 0.25) is 0 Å².